The normalized spacial score (nSPS) is 11.1. The number of hydrogen-bond donors (Lipinski definition) is 0. The average Bonchev–Trinajstić information content (AvgIpc) is 3.52. The fraction of sp³-hybridized carbons (Fsp3) is 0. The predicted octanol–water partition coefficient (Wildman–Crippen LogP) is 9.55. The summed E-state index contributed by atoms with van der Waals surface area (Å²) in [6.45, 7) is 0. The third kappa shape index (κ3) is 5.07. The fourth-order valence-corrected chi connectivity index (χ4v) is 5.73. The maximum absolute atomic E-state index is 5.17. The molecule has 0 bridgehead atoms. The van der Waals surface area contributed by atoms with Crippen molar-refractivity contribution in [3.8, 4) is 62.4 Å². The highest BCUT2D eigenvalue weighted by atomic mass is 15.1. The van der Waals surface area contributed by atoms with Crippen LogP contribution in [-0.4, -0.2) is 24.5 Å². The maximum Gasteiger partial charge on any atom is 0.164 e. The largest absolute Gasteiger partial charge is 0.292 e. The summed E-state index contributed by atoms with van der Waals surface area (Å²) in [5.41, 5.74) is 9.05. The molecule has 0 spiro atoms. The van der Waals surface area contributed by atoms with Gasteiger partial charge in [0.1, 0.15) is 5.82 Å². The first kappa shape index (κ1) is 26.4. The standard InChI is InChI=1S/C40H27N5/c1-4-15-28(16-5-1)33-23-10-12-25-35(33)45-36-26-13-11-24-34(36)41-40(45)32-22-14-21-31(27-32)39-43-37(29-17-6-2-7-18-29)42-38(44-39)30-19-8-3-9-20-30/h1-27H. The van der Waals surface area contributed by atoms with E-state index in [0.717, 1.165) is 55.9 Å². The van der Waals surface area contributed by atoms with Crippen LogP contribution in [0.1, 0.15) is 0 Å². The molecule has 5 nitrogen and oxygen atoms in total. The lowest BCUT2D eigenvalue weighted by atomic mass is 10.0. The second-order valence-electron chi connectivity index (χ2n) is 10.8. The molecule has 0 saturated carbocycles. The van der Waals surface area contributed by atoms with Gasteiger partial charge in [0, 0.05) is 27.8 Å². The van der Waals surface area contributed by atoms with Crippen LogP contribution < -0.4 is 0 Å². The topological polar surface area (TPSA) is 56.5 Å². The lowest BCUT2D eigenvalue weighted by molar-refractivity contribution is 1.07. The molecule has 2 aromatic heterocycles. The second-order valence-corrected chi connectivity index (χ2v) is 10.8. The number of para-hydroxylation sites is 3. The number of benzene rings is 6. The van der Waals surface area contributed by atoms with E-state index >= 15 is 0 Å². The molecule has 0 aliphatic heterocycles. The molecular weight excluding hydrogens is 550 g/mol. The molecule has 0 amide bonds. The predicted molar refractivity (Wildman–Crippen MR) is 182 cm³/mol. The Hall–Kier alpha value is -6.20. The van der Waals surface area contributed by atoms with Crippen LogP contribution in [0.15, 0.2) is 164 Å². The van der Waals surface area contributed by atoms with E-state index in [9.17, 15) is 0 Å². The molecule has 5 heteroatoms. The highest BCUT2D eigenvalue weighted by molar-refractivity contribution is 5.87. The fourth-order valence-electron chi connectivity index (χ4n) is 5.73. The summed E-state index contributed by atoms with van der Waals surface area (Å²) in [5, 5.41) is 0. The molecular formula is C40H27N5. The van der Waals surface area contributed by atoms with Gasteiger partial charge in [-0.25, -0.2) is 19.9 Å². The Labute approximate surface area is 261 Å². The van der Waals surface area contributed by atoms with Crippen LogP contribution in [0.5, 0.6) is 0 Å². The number of rotatable bonds is 6. The van der Waals surface area contributed by atoms with E-state index < -0.39 is 0 Å². The van der Waals surface area contributed by atoms with E-state index in [1.165, 1.54) is 0 Å². The summed E-state index contributed by atoms with van der Waals surface area (Å²) >= 11 is 0. The van der Waals surface area contributed by atoms with E-state index in [-0.39, 0.29) is 0 Å². The summed E-state index contributed by atoms with van der Waals surface area (Å²) in [6, 6.07) is 55.7. The van der Waals surface area contributed by atoms with Gasteiger partial charge in [-0.05, 0) is 29.8 Å². The summed E-state index contributed by atoms with van der Waals surface area (Å²) in [7, 11) is 0. The van der Waals surface area contributed by atoms with Gasteiger partial charge in [-0.2, -0.15) is 0 Å². The molecule has 0 fully saturated rings. The van der Waals surface area contributed by atoms with E-state index in [1.807, 2.05) is 84.9 Å². The van der Waals surface area contributed by atoms with E-state index in [1.54, 1.807) is 0 Å². The summed E-state index contributed by atoms with van der Waals surface area (Å²) in [4.78, 5) is 20.0. The molecule has 0 atom stereocenters. The SMILES string of the molecule is c1ccc(-c2nc(-c3ccccc3)nc(-c3cccc(-c4nc5ccccc5n4-c4ccccc4-c4ccccc4)c3)n2)cc1. The van der Waals surface area contributed by atoms with Crippen molar-refractivity contribution < 1.29 is 0 Å². The quantitative estimate of drug-likeness (QED) is 0.197. The molecule has 212 valence electrons. The highest BCUT2D eigenvalue weighted by Crippen LogP contribution is 2.35. The molecule has 2 heterocycles. The van der Waals surface area contributed by atoms with Crippen molar-refractivity contribution in [3.63, 3.8) is 0 Å². The first-order chi connectivity index (χ1) is 22.3. The monoisotopic (exact) mass is 577 g/mol. The van der Waals surface area contributed by atoms with Gasteiger partial charge in [0.15, 0.2) is 17.5 Å². The molecule has 0 saturated heterocycles. The van der Waals surface area contributed by atoms with Crippen LogP contribution in [0.4, 0.5) is 0 Å². The Morgan fingerprint density at radius 2 is 0.844 bits per heavy atom. The van der Waals surface area contributed by atoms with Crippen LogP contribution >= 0.6 is 0 Å². The zero-order valence-corrected chi connectivity index (χ0v) is 24.3. The lowest BCUT2D eigenvalue weighted by Gasteiger charge is -2.15. The van der Waals surface area contributed by atoms with Crippen molar-refractivity contribution in [1.29, 1.82) is 0 Å². The molecule has 0 aliphatic carbocycles. The first-order valence-corrected chi connectivity index (χ1v) is 14.9. The summed E-state index contributed by atoms with van der Waals surface area (Å²) in [6.07, 6.45) is 0. The summed E-state index contributed by atoms with van der Waals surface area (Å²) in [5.74, 6) is 2.72. The Morgan fingerprint density at radius 1 is 0.356 bits per heavy atom. The molecule has 0 radical (unpaired) electrons. The average molecular weight is 578 g/mol. The van der Waals surface area contributed by atoms with E-state index in [0.29, 0.717) is 17.5 Å². The minimum Gasteiger partial charge on any atom is -0.292 e. The number of hydrogen-bond acceptors (Lipinski definition) is 4. The molecule has 45 heavy (non-hydrogen) atoms. The molecule has 0 unspecified atom stereocenters. The van der Waals surface area contributed by atoms with Crippen molar-refractivity contribution in [2.24, 2.45) is 0 Å². The highest BCUT2D eigenvalue weighted by Gasteiger charge is 2.19. The lowest BCUT2D eigenvalue weighted by Crippen LogP contribution is -2.01. The van der Waals surface area contributed by atoms with Crippen molar-refractivity contribution in [1.82, 2.24) is 24.5 Å². The van der Waals surface area contributed by atoms with Gasteiger partial charge < -0.3 is 0 Å². The van der Waals surface area contributed by atoms with Crippen molar-refractivity contribution in [3.05, 3.63) is 164 Å². The Balaban J connectivity index is 1.32. The van der Waals surface area contributed by atoms with Crippen LogP contribution in [0.3, 0.4) is 0 Å². The first-order valence-electron chi connectivity index (χ1n) is 14.9. The zero-order chi connectivity index (χ0) is 30.0. The Morgan fingerprint density at radius 3 is 1.51 bits per heavy atom. The number of fused-ring (bicyclic) bond motifs is 1. The van der Waals surface area contributed by atoms with Crippen molar-refractivity contribution in [2.45, 2.75) is 0 Å². The number of imidazole rings is 1. The van der Waals surface area contributed by atoms with Gasteiger partial charge in [0.25, 0.3) is 0 Å². The summed E-state index contributed by atoms with van der Waals surface area (Å²) < 4.78 is 2.26. The zero-order valence-electron chi connectivity index (χ0n) is 24.3. The van der Waals surface area contributed by atoms with E-state index in [4.69, 9.17) is 19.9 Å². The molecule has 6 aromatic carbocycles. The number of aromatic nitrogens is 5. The van der Waals surface area contributed by atoms with Crippen LogP contribution in [0, 0.1) is 0 Å². The minimum absolute atomic E-state index is 0.608. The van der Waals surface area contributed by atoms with Gasteiger partial charge >= 0.3 is 0 Å². The van der Waals surface area contributed by atoms with Gasteiger partial charge in [0.2, 0.25) is 0 Å². The van der Waals surface area contributed by atoms with Crippen LogP contribution in [0.25, 0.3) is 73.4 Å². The minimum atomic E-state index is 0.608. The Bertz CT molecular complexity index is 2200. The third-order valence-corrected chi connectivity index (χ3v) is 7.87. The molecule has 0 aliphatic rings. The van der Waals surface area contributed by atoms with Crippen molar-refractivity contribution in [2.75, 3.05) is 0 Å². The molecule has 8 rings (SSSR count). The van der Waals surface area contributed by atoms with Crippen LogP contribution in [-0.2, 0) is 0 Å². The molecule has 8 aromatic rings. The molecule has 0 N–H and O–H groups in total. The smallest absolute Gasteiger partial charge is 0.164 e. The van der Waals surface area contributed by atoms with Crippen LogP contribution in [0.2, 0.25) is 0 Å². The van der Waals surface area contributed by atoms with Crippen molar-refractivity contribution >= 4 is 11.0 Å². The number of nitrogens with zero attached hydrogens (tertiary/aromatic N) is 5. The van der Waals surface area contributed by atoms with Gasteiger partial charge in [-0.1, -0.05) is 140 Å². The second kappa shape index (κ2) is 11.5. The van der Waals surface area contributed by atoms with Gasteiger partial charge in [-0.15, -0.1) is 0 Å². The van der Waals surface area contributed by atoms with Gasteiger partial charge in [-0.3, -0.25) is 4.57 Å². The Kier molecular flexibility index (Phi) is 6.74. The maximum atomic E-state index is 5.17. The third-order valence-electron chi connectivity index (χ3n) is 7.87. The van der Waals surface area contributed by atoms with E-state index in [2.05, 4.69) is 83.4 Å². The van der Waals surface area contributed by atoms with Gasteiger partial charge in [0.05, 0.1) is 16.7 Å².